The molecule has 0 aliphatic heterocycles. The summed E-state index contributed by atoms with van der Waals surface area (Å²) in [6, 6.07) is 6.35. The highest BCUT2D eigenvalue weighted by Crippen LogP contribution is 2.28. The maximum Gasteiger partial charge on any atom is 0.328 e. The fraction of sp³-hybridized carbons (Fsp3) is 0.308. The van der Waals surface area contributed by atoms with Crippen LogP contribution in [0.1, 0.15) is 23.6 Å². The molecule has 5 nitrogen and oxygen atoms in total. The Kier molecular flexibility index (Phi) is 4.73. The molecule has 0 radical (unpaired) electrons. The minimum absolute atomic E-state index is 0.0887. The molecular formula is C13H14FN3O2S. The van der Waals surface area contributed by atoms with Crippen molar-refractivity contribution in [3.63, 3.8) is 0 Å². The highest BCUT2D eigenvalue weighted by atomic mass is 32.2. The Hall–Kier alpha value is -1.89. The number of rotatable bonds is 5. The number of thioether (sulfide) groups is 1. The third-order valence-electron chi connectivity index (χ3n) is 2.58. The van der Waals surface area contributed by atoms with Crippen LogP contribution < -0.4 is 5.32 Å². The average molecular weight is 295 g/mol. The average Bonchev–Trinajstić information content (AvgIpc) is 2.82. The van der Waals surface area contributed by atoms with Crippen molar-refractivity contribution in [2.75, 3.05) is 11.1 Å². The third kappa shape index (κ3) is 4.06. The van der Waals surface area contributed by atoms with Crippen molar-refractivity contribution in [1.29, 1.82) is 0 Å². The van der Waals surface area contributed by atoms with Gasteiger partial charge in [-0.3, -0.25) is 10.1 Å². The molecule has 0 saturated heterocycles. The van der Waals surface area contributed by atoms with Gasteiger partial charge in [0.05, 0.1) is 5.75 Å². The number of aryl methyl sites for hydroxylation is 1. The van der Waals surface area contributed by atoms with E-state index in [1.54, 1.807) is 19.1 Å². The zero-order valence-corrected chi connectivity index (χ0v) is 11.9. The highest BCUT2D eigenvalue weighted by Gasteiger charge is 2.12. The summed E-state index contributed by atoms with van der Waals surface area (Å²) in [5.41, 5.74) is 0.970. The molecule has 1 heterocycles. The van der Waals surface area contributed by atoms with E-state index in [2.05, 4.69) is 15.5 Å². The van der Waals surface area contributed by atoms with Crippen molar-refractivity contribution in [3.05, 3.63) is 41.5 Å². The van der Waals surface area contributed by atoms with Gasteiger partial charge in [-0.1, -0.05) is 17.3 Å². The number of anilines is 1. The maximum absolute atomic E-state index is 12.8. The zero-order valence-electron chi connectivity index (χ0n) is 11.1. The predicted octanol–water partition coefficient (Wildman–Crippen LogP) is 2.95. The second-order valence-corrected chi connectivity index (χ2v) is 5.53. The summed E-state index contributed by atoms with van der Waals surface area (Å²) in [4.78, 5) is 15.6. The summed E-state index contributed by atoms with van der Waals surface area (Å²) in [6.07, 6.45) is 0. The number of hydrogen-bond acceptors (Lipinski definition) is 5. The van der Waals surface area contributed by atoms with Gasteiger partial charge in [-0.05, 0) is 31.5 Å². The molecule has 1 amide bonds. The topological polar surface area (TPSA) is 68.0 Å². The number of benzene rings is 1. The summed E-state index contributed by atoms with van der Waals surface area (Å²) >= 11 is 1.45. The molecule has 0 fully saturated rings. The van der Waals surface area contributed by atoms with Crippen molar-refractivity contribution < 1.29 is 13.7 Å². The molecule has 0 unspecified atom stereocenters. The van der Waals surface area contributed by atoms with Crippen LogP contribution in [0.4, 0.5) is 10.4 Å². The van der Waals surface area contributed by atoms with E-state index >= 15 is 0 Å². The molecule has 1 aromatic heterocycles. The van der Waals surface area contributed by atoms with Gasteiger partial charge in [0.2, 0.25) is 5.91 Å². The Labute approximate surface area is 119 Å². The van der Waals surface area contributed by atoms with Gasteiger partial charge in [0.25, 0.3) is 0 Å². The summed E-state index contributed by atoms with van der Waals surface area (Å²) in [7, 11) is 0. The Morgan fingerprint density at radius 1 is 1.45 bits per heavy atom. The van der Waals surface area contributed by atoms with E-state index in [1.807, 2.05) is 6.92 Å². The number of aromatic nitrogens is 2. The number of halogens is 1. The van der Waals surface area contributed by atoms with E-state index in [1.165, 1.54) is 23.9 Å². The van der Waals surface area contributed by atoms with Crippen LogP contribution in [0.2, 0.25) is 0 Å². The van der Waals surface area contributed by atoms with E-state index in [-0.39, 0.29) is 28.7 Å². The summed E-state index contributed by atoms with van der Waals surface area (Å²) in [5, 5.41) is 6.18. The smallest absolute Gasteiger partial charge is 0.315 e. The molecule has 0 aliphatic rings. The zero-order chi connectivity index (χ0) is 14.5. The van der Waals surface area contributed by atoms with Crippen LogP contribution in [0.15, 0.2) is 28.8 Å². The van der Waals surface area contributed by atoms with E-state index < -0.39 is 0 Å². The number of carbonyl (C=O) groups excluding carboxylic acids is 1. The molecular weight excluding hydrogens is 281 g/mol. The van der Waals surface area contributed by atoms with Gasteiger partial charge in [-0.2, -0.15) is 4.98 Å². The number of nitrogens with one attached hydrogen (secondary N) is 1. The first-order chi connectivity index (χ1) is 9.54. The van der Waals surface area contributed by atoms with Crippen molar-refractivity contribution in [1.82, 2.24) is 10.1 Å². The summed E-state index contributed by atoms with van der Waals surface area (Å²) in [6.45, 7) is 3.63. The Morgan fingerprint density at radius 3 is 2.75 bits per heavy atom. The van der Waals surface area contributed by atoms with Crippen LogP contribution in [0, 0.1) is 12.7 Å². The predicted molar refractivity (Wildman–Crippen MR) is 74.9 cm³/mol. The van der Waals surface area contributed by atoms with Crippen molar-refractivity contribution in [2.45, 2.75) is 19.1 Å². The molecule has 2 rings (SSSR count). The molecule has 1 aromatic carbocycles. The van der Waals surface area contributed by atoms with Crippen molar-refractivity contribution >= 4 is 23.7 Å². The second-order valence-electron chi connectivity index (χ2n) is 4.20. The fourth-order valence-electron chi connectivity index (χ4n) is 1.53. The largest absolute Gasteiger partial charge is 0.328 e. The first kappa shape index (κ1) is 14.5. The SMILES string of the molecule is Cc1noc(NC(=O)CS[C@H](C)c2ccc(F)cc2)n1. The fourth-order valence-corrected chi connectivity index (χ4v) is 2.36. The standard InChI is InChI=1S/C13H14FN3O2S/c1-8(10-3-5-11(14)6-4-10)20-7-12(18)16-13-15-9(2)17-19-13/h3-6,8H,7H2,1-2H3,(H,15,16,17,18)/t8-/m1/s1. The van der Waals surface area contributed by atoms with E-state index in [0.717, 1.165) is 5.56 Å². The van der Waals surface area contributed by atoms with Crippen LogP contribution >= 0.6 is 11.8 Å². The number of hydrogen-bond donors (Lipinski definition) is 1. The highest BCUT2D eigenvalue weighted by molar-refractivity contribution is 8.00. The van der Waals surface area contributed by atoms with Crippen LogP contribution in [0.5, 0.6) is 0 Å². The molecule has 0 bridgehead atoms. The second kappa shape index (κ2) is 6.51. The summed E-state index contributed by atoms with van der Waals surface area (Å²) < 4.78 is 17.6. The van der Waals surface area contributed by atoms with Crippen LogP contribution in [0.25, 0.3) is 0 Å². The molecule has 1 atom stereocenters. The minimum Gasteiger partial charge on any atom is -0.315 e. The quantitative estimate of drug-likeness (QED) is 0.918. The van der Waals surface area contributed by atoms with E-state index in [4.69, 9.17) is 4.52 Å². The Balaban J connectivity index is 1.82. The number of amides is 1. The van der Waals surface area contributed by atoms with Crippen molar-refractivity contribution in [3.8, 4) is 0 Å². The molecule has 0 saturated carbocycles. The lowest BCUT2D eigenvalue weighted by atomic mass is 10.2. The van der Waals surface area contributed by atoms with Crippen LogP contribution in [0.3, 0.4) is 0 Å². The normalized spacial score (nSPS) is 12.2. The van der Waals surface area contributed by atoms with Gasteiger partial charge in [-0.25, -0.2) is 4.39 Å². The minimum atomic E-state index is -0.268. The monoisotopic (exact) mass is 295 g/mol. The van der Waals surface area contributed by atoms with Crippen molar-refractivity contribution in [2.24, 2.45) is 0 Å². The lowest BCUT2D eigenvalue weighted by molar-refractivity contribution is -0.114. The lowest BCUT2D eigenvalue weighted by Crippen LogP contribution is -2.15. The Morgan fingerprint density at radius 2 is 2.15 bits per heavy atom. The van der Waals surface area contributed by atoms with Gasteiger partial charge in [0.15, 0.2) is 5.82 Å². The molecule has 106 valence electrons. The molecule has 1 N–H and O–H groups in total. The number of carbonyl (C=O) groups is 1. The molecule has 0 aliphatic carbocycles. The number of nitrogens with zero attached hydrogens (tertiary/aromatic N) is 2. The van der Waals surface area contributed by atoms with Gasteiger partial charge in [0.1, 0.15) is 5.82 Å². The molecule has 7 heteroatoms. The van der Waals surface area contributed by atoms with E-state index in [0.29, 0.717) is 5.82 Å². The van der Waals surface area contributed by atoms with Gasteiger partial charge < -0.3 is 4.52 Å². The van der Waals surface area contributed by atoms with Gasteiger partial charge in [0, 0.05) is 5.25 Å². The van der Waals surface area contributed by atoms with E-state index in [9.17, 15) is 9.18 Å². The Bertz CT molecular complexity index is 586. The van der Waals surface area contributed by atoms with Gasteiger partial charge in [-0.15, -0.1) is 11.8 Å². The van der Waals surface area contributed by atoms with Crippen LogP contribution in [-0.2, 0) is 4.79 Å². The maximum atomic E-state index is 12.8. The molecule has 20 heavy (non-hydrogen) atoms. The van der Waals surface area contributed by atoms with Crippen LogP contribution in [-0.4, -0.2) is 21.8 Å². The molecule has 2 aromatic rings. The summed E-state index contributed by atoms with van der Waals surface area (Å²) in [5.74, 6) is 0.232. The molecule has 0 spiro atoms. The first-order valence-corrected chi connectivity index (χ1v) is 7.06. The third-order valence-corrected chi connectivity index (χ3v) is 3.78. The lowest BCUT2D eigenvalue weighted by Gasteiger charge is -2.10. The van der Waals surface area contributed by atoms with Gasteiger partial charge >= 0.3 is 6.01 Å². The first-order valence-electron chi connectivity index (χ1n) is 6.02.